The molecule has 0 bridgehead atoms. The van der Waals surface area contributed by atoms with Crippen LogP contribution in [0.15, 0.2) is 12.1 Å². The number of hydrogen-bond donors (Lipinski definition) is 1. The lowest BCUT2D eigenvalue weighted by molar-refractivity contribution is -0.140. The Morgan fingerprint density at radius 2 is 2.22 bits per heavy atom. The maximum atomic E-state index is 11.1. The number of nitrogens with zero attached hydrogens (tertiary/aromatic N) is 2. The number of ether oxygens (including phenoxy) is 1. The van der Waals surface area contributed by atoms with Crippen molar-refractivity contribution in [3.8, 4) is 0 Å². The van der Waals surface area contributed by atoms with Crippen molar-refractivity contribution in [1.82, 2.24) is 4.98 Å². The molecule has 0 unspecified atom stereocenters. The SMILES string of the molecule is COC(=O)CCN(C)c1cc(C(N)=S)cc(C)n1. The van der Waals surface area contributed by atoms with Gasteiger partial charge in [0.1, 0.15) is 10.8 Å². The second kappa shape index (κ2) is 6.30. The van der Waals surface area contributed by atoms with Crippen molar-refractivity contribution < 1.29 is 9.53 Å². The Morgan fingerprint density at radius 1 is 1.56 bits per heavy atom. The number of aromatic nitrogens is 1. The standard InChI is InChI=1S/C12H17N3O2S/c1-8-6-9(12(13)18)7-10(14-8)15(2)5-4-11(16)17-3/h6-7H,4-5H2,1-3H3,(H2,13,18). The number of esters is 1. The van der Waals surface area contributed by atoms with Gasteiger partial charge in [-0.2, -0.15) is 0 Å². The van der Waals surface area contributed by atoms with Crippen LogP contribution >= 0.6 is 12.2 Å². The zero-order valence-corrected chi connectivity index (χ0v) is 11.6. The highest BCUT2D eigenvalue weighted by Crippen LogP contribution is 2.14. The summed E-state index contributed by atoms with van der Waals surface area (Å²) in [6, 6.07) is 3.65. The molecule has 18 heavy (non-hydrogen) atoms. The fraction of sp³-hybridized carbons (Fsp3) is 0.417. The monoisotopic (exact) mass is 267 g/mol. The molecule has 0 aromatic carbocycles. The van der Waals surface area contributed by atoms with Gasteiger partial charge in [-0.05, 0) is 19.1 Å². The van der Waals surface area contributed by atoms with E-state index < -0.39 is 0 Å². The Hall–Kier alpha value is -1.69. The topological polar surface area (TPSA) is 68.5 Å². The number of pyridine rings is 1. The Kier molecular flexibility index (Phi) is 5.03. The fourth-order valence-corrected chi connectivity index (χ4v) is 1.58. The van der Waals surface area contributed by atoms with E-state index in [4.69, 9.17) is 18.0 Å². The van der Waals surface area contributed by atoms with Gasteiger partial charge in [0.2, 0.25) is 0 Å². The van der Waals surface area contributed by atoms with E-state index in [9.17, 15) is 4.79 Å². The van der Waals surface area contributed by atoms with Gasteiger partial charge in [0.05, 0.1) is 13.5 Å². The van der Waals surface area contributed by atoms with Crippen molar-refractivity contribution in [1.29, 1.82) is 0 Å². The second-order valence-corrected chi connectivity index (χ2v) is 4.41. The van der Waals surface area contributed by atoms with Crippen LogP contribution in [-0.2, 0) is 9.53 Å². The van der Waals surface area contributed by atoms with Crippen LogP contribution < -0.4 is 10.6 Å². The highest BCUT2D eigenvalue weighted by atomic mass is 32.1. The van der Waals surface area contributed by atoms with Crippen LogP contribution in [0.5, 0.6) is 0 Å². The molecule has 0 saturated carbocycles. The number of nitrogens with two attached hydrogens (primary N) is 1. The van der Waals surface area contributed by atoms with E-state index in [2.05, 4.69) is 9.72 Å². The molecule has 1 aromatic rings. The predicted molar refractivity (Wildman–Crippen MR) is 74.8 cm³/mol. The van der Waals surface area contributed by atoms with Gasteiger partial charge >= 0.3 is 5.97 Å². The van der Waals surface area contributed by atoms with Crippen molar-refractivity contribution in [3.05, 3.63) is 23.4 Å². The van der Waals surface area contributed by atoms with Crippen LogP contribution in [0, 0.1) is 6.92 Å². The van der Waals surface area contributed by atoms with Crippen LogP contribution in [0.4, 0.5) is 5.82 Å². The van der Waals surface area contributed by atoms with E-state index >= 15 is 0 Å². The van der Waals surface area contributed by atoms with E-state index in [1.807, 2.05) is 31.0 Å². The first-order valence-corrected chi connectivity index (χ1v) is 5.91. The molecule has 0 saturated heterocycles. The summed E-state index contributed by atoms with van der Waals surface area (Å²) in [4.78, 5) is 17.7. The van der Waals surface area contributed by atoms with E-state index in [1.54, 1.807) is 0 Å². The molecule has 0 fully saturated rings. The fourth-order valence-electron chi connectivity index (χ4n) is 1.46. The maximum Gasteiger partial charge on any atom is 0.307 e. The second-order valence-electron chi connectivity index (χ2n) is 3.97. The largest absolute Gasteiger partial charge is 0.469 e. The Bertz CT molecular complexity index is 463. The van der Waals surface area contributed by atoms with E-state index in [0.29, 0.717) is 18.0 Å². The smallest absolute Gasteiger partial charge is 0.307 e. The van der Waals surface area contributed by atoms with Crippen molar-refractivity contribution in [3.63, 3.8) is 0 Å². The molecule has 0 aliphatic carbocycles. The Balaban J connectivity index is 2.82. The zero-order valence-electron chi connectivity index (χ0n) is 10.8. The molecule has 6 heteroatoms. The third-order valence-corrected chi connectivity index (χ3v) is 2.73. The lowest BCUT2D eigenvalue weighted by atomic mass is 10.2. The predicted octanol–water partition coefficient (Wildman–Crippen LogP) is 1.02. The van der Waals surface area contributed by atoms with Crippen LogP contribution in [0.1, 0.15) is 17.7 Å². The molecule has 0 atom stereocenters. The van der Waals surface area contributed by atoms with E-state index in [0.717, 1.165) is 17.1 Å². The van der Waals surface area contributed by atoms with Crippen LogP contribution in [0.3, 0.4) is 0 Å². The molecular weight excluding hydrogens is 250 g/mol. The number of carbonyl (C=O) groups excluding carboxylic acids is 1. The number of anilines is 1. The molecule has 0 spiro atoms. The summed E-state index contributed by atoms with van der Waals surface area (Å²) in [6.45, 7) is 2.40. The molecule has 0 radical (unpaired) electrons. The van der Waals surface area contributed by atoms with Crippen LogP contribution in [-0.4, -0.2) is 36.6 Å². The Labute approximate surface area is 112 Å². The molecule has 1 heterocycles. The van der Waals surface area contributed by atoms with Crippen LogP contribution in [0.2, 0.25) is 0 Å². The third-order valence-electron chi connectivity index (χ3n) is 2.49. The van der Waals surface area contributed by atoms with Gasteiger partial charge in [-0.1, -0.05) is 12.2 Å². The molecule has 1 rings (SSSR count). The summed E-state index contributed by atoms with van der Waals surface area (Å²) in [7, 11) is 3.23. The van der Waals surface area contributed by atoms with Gasteiger partial charge in [-0.3, -0.25) is 4.79 Å². The average molecular weight is 267 g/mol. The number of hydrogen-bond acceptors (Lipinski definition) is 5. The number of rotatable bonds is 5. The quantitative estimate of drug-likeness (QED) is 0.634. The lowest BCUT2D eigenvalue weighted by Gasteiger charge is -2.18. The first-order valence-electron chi connectivity index (χ1n) is 5.50. The zero-order chi connectivity index (χ0) is 13.7. The minimum Gasteiger partial charge on any atom is -0.469 e. The summed E-state index contributed by atoms with van der Waals surface area (Å²) in [5.41, 5.74) is 7.22. The van der Waals surface area contributed by atoms with Gasteiger partial charge < -0.3 is 15.4 Å². The van der Waals surface area contributed by atoms with Crippen molar-refractivity contribution in [2.24, 2.45) is 5.73 Å². The third kappa shape index (κ3) is 3.96. The summed E-state index contributed by atoms with van der Waals surface area (Å²) < 4.78 is 4.60. The van der Waals surface area contributed by atoms with Gasteiger partial charge in [0.25, 0.3) is 0 Å². The summed E-state index contributed by atoms with van der Waals surface area (Å²) in [6.07, 6.45) is 0.311. The van der Waals surface area contributed by atoms with Gasteiger partial charge in [0, 0.05) is 24.8 Å². The molecule has 98 valence electrons. The number of thiocarbonyl (C=S) groups is 1. The van der Waals surface area contributed by atoms with Crippen molar-refractivity contribution >= 4 is 29.0 Å². The molecule has 0 aliphatic rings. The summed E-state index contributed by atoms with van der Waals surface area (Å²) >= 11 is 4.95. The molecular formula is C12H17N3O2S. The summed E-state index contributed by atoms with van der Waals surface area (Å²) in [5, 5.41) is 0. The van der Waals surface area contributed by atoms with E-state index in [1.165, 1.54) is 7.11 Å². The lowest BCUT2D eigenvalue weighted by Crippen LogP contribution is -2.23. The minimum atomic E-state index is -0.246. The molecule has 2 N–H and O–H groups in total. The van der Waals surface area contributed by atoms with Gasteiger partial charge in [-0.25, -0.2) is 4.98 Å². The highest BCUT2D eigenvalue weighted by molar-refractivity contribution is 7.80. The van der Waals surface area contributed by atoms with Crippen molar-refractivity contribution in [2.75, 3.05) is 25.6 Å². The van der Waals surface area contributed by atoms with Gasteiger partial charge in [0.15, 0.2) is 0 Å². The molecule has 0 amide bonds. The molecule has 5 nitrogen and oxygen atoms in total. The van der Waals surface area contributed by atoms with Gasteiger partial charge in [-0.15, -0.1) is 0 Å². The number of methoxy groups -OCH3 is 1. The minimum absolute atomic E-state index is 0.246. The normalized spacial score (nSPS) is 9.94. The molecule has 1 aromatic heterocycles. The summed E-state index contributed by atoms with van der Waals surface area (Å²) in [5.74, 6) is 0.491. The first kappa shape index (κ1) is 14.4. The number of carbonyl (C=O) groups is 1. The maximum absolute atomic E-state index is 11.1. The number of aryl methyl sites for hydroxylation is 1. The van der Waals surface area contributed by atoms with Crippen LogP contribution in [0.25, 0.3) is 0 Å². The Morgan fingerprint density at radius 3 is 2.78 bits per heavy atom. The van der Waals surface area contributed by atoms with E-state index in [-0.39, 0.29) is 5.97 Å². The average Bonchev–Trinajstić information content (AvgIpc) is 2.34. The van der Waals surface area contributed by atoms with Crippen molar-refractivity contribution in [2.45, 2.75) is 13.3 Å². The first-order chi connectivity index (χ1) is 8.43. The molecule has 0 aliphatic heterocycles. The highest BCUT2D eigenvalue weighted by Gasteiger charge is 2.09.